The number of carbonyl (C=O) groups is 1. The van der Waals surface area contributed by atoms with Crippen molar-refractivity contribution in [3.63, 3.8) is 0 Å². The highest BCUT2D eigenvalue weighted by Gasteiger charge is 2.28. The average Bonchev–Trinajstić information content (AvgIpc) is 2.41. The molecule has 0 aliphatic carbocycles. The van der Waals surface area contributed by atoms with E-state index in [4.69, 9.17) is 5.11 Å². The van der Waals surface area contributed by atoms with Crippen LogP contribution in [-0.4, -0.2) is 36.9 Å². The molecule has 1 aliphatic rings. The van der Waals surface area contributed by atoms with Gasteiger partial charge in [0, 0.05) is 13.1 Å². The molecular formula is C15H19NO4S. The molecule has 6 heteroatoms. The van der Waals surface area contributed by atoms with Gasteiger partial charge in [-0.2, -0.15) is 4.31 Å². The molecular weight excluding hydrogens is 290 g/mol. The van der Waals surface area contributed by atoms with Gasteiger partial charge in [0.1, 0.15) is 0 Å². The second kappa shape index (κ2) is 5.61. The fraction of sp³-hybridized carbons (Fsp3) is 0.400. The molecule has 1 aromatic carbocycles. The van der Waals surface area contributed by atoms with Gasteiger partial charge in [0.2, 0.25) is 10.0 Å². The van der Waals surface area contributed by atoms with Crippen LogP contribution < -0.4 is 0 Å². The number of aryl methyl sites for hydroxylation is 1. The van der Waals surface area contributed by atoms with E-state index in [0.717, 1.165) is 0 Å². The number of rotatable bonds is 3. The summed E-state index contributed by atoms with van der Waals surface area (Å²) in [6.45, 7) is 6.18. The molecule has 0 saturated carbocycles. The van der Waals surface area contributed by atoms with Crippen molar-refractivity contribution < 1.29 is 18.3 Å². The zero-order valence-corrected chi connectivity index (χ0v) is 13.2. The smallest absolute Gasteiger partial charge is 0.335 e. The Morgan fingerprint density at radius 3 is 2.43 bits per heavy atom. The maximum atomic E-state index is 12.7. The molecule has 1 aromatic rings. The zero-order chi connectivity index (χ0) is 15.8. The van der Waals surface area contributed by atoms with E-state index in [0.29, 0.717) is 30.6 Å². The minimum Gasteiger partial charge on any atom is -0.478 e. The second-order valence-electron chi connectivity index (χ2n) is 5.38. The Labute approximate surface area is 124 Å². The van der Waals surface area contributed by atoms with Crippen LogP contribution in [-0.2, 0) is 10.0 Å². The molecule has 0 spiro atoms. The normalized spacial score (nSPS) is 16.6. The van der Waals surface area contributed by atoms with Crippen LogP contribution in [0.15, 0.2) is 28.7 Å². The molecule has 1 N–H and O–H groups in total. The van der Waals surface area contributed by atoms with E-state index in [2.05, 4.69) is 0 Å². The van der Waals surface area contributed by atoms with Gasteiger partial charge in [-0.05, 0) is 50.5 Å². The molecule has 21 heavy (non-hydrogen) atoms. The van der Waals surface area contributed by atoms with E-state index in [1.165, 1.54) is 22.0 Å². The number of carboxylic acids is 1. The van der Waals surface area contributed by atoms with Crippen LogP contribution in [0.1, 0.15) is 34.8 Å². The van der Waals surface area contributed by atoms with Crippen molar-refractivity contribution in [2.24, 2.45) is 0 Å². The largest absolute Gasteiger partial charge is 0.478 e. The Hall–Kier alpha value is -1.66. The van der Waals surface area contributed by atoms with Gasteiger partial charge in [0.05, 0.1) is 10.5 Å². The number of sulfonamides is 1. The molecule has 0 unspecified atom stereocenters. The summed E-state index contributed by atoms with van der Waals surface area (Å²) in [6.07, 6.45) is 2.60. The summed E-state index contributed by atoms with van der Waals surface area (Å²) in [5, 5.41) is 9.12. The number of carboxylic acid groups (broad SMARTS) is 1. The van der Waals surface area contributed by atoms with Crippen molar-refractivity contribution in [1.82, 2.24) is 4.31 Å². The predicted molar refractivity (Wildman–Crippen MR) is 80.0 cm³/mol. The SMILES string of the molecule is CC1=CCN(S(=O)(=O)c2cc(C(=O)O)cc(C)c2C)CC1. The first kappa shape index (κ1) is 15.7. The van der Waals surface area contributed by atoms with Crippen molar-refractivity contribution in [2.45, 2.75) is 32.1 Å². The fourth-order valence-electron chi connectivity index (χ4n) is 2.33. The average molecular weight is 309 g/mol. The van der Waals surface area contributed by atoms with Gasteiger partial charge in [-0.25, -0.2) is 13.2 Å². The molecule has 2 rings (SSSR count). The summed E-state index contributed by atoms with van der Waals surface area (Å²) in [7, 11) is -3.67. The third kappa shape index (κ3) is 3.01. The van der Waals surface area contributed by atoms with Crippen LogP contribution >= 0.6 is 0 Å². The summed E-state index contributed by atoms with van der Waals surface area (Å²) in [6, 6.07) is 2.75. The Balaban J connectivity index is 2.52. The lowest BCUT2D eigenvalue weighted by Gasteiger charge is -2.26. The van der Waals surface area contributed by atoms with Gasteiger partial charge in [0.15, 0.2) is 0 Å². The maximum Gasteiger partial charge on any atom is 0.335 e. The highest BCUT2D eigenvalue weighted by molar-refractivity contribution is 7.89. The lowest BCUT2D eigenvalue weighted by atomic mass is 10.1. The summed E-state index contributed by atoms with van der Waals surface area (Å²) < 4.78 is 26.9. The highest BCUT2D eigenvalue weighted by Crippen LogP contribution is 2.26. The molecule has 1 aliphatic heterocycles. The number of benzene rings is 1. The van der Waals surface area contributed by atoms with E-state index in [9.17, 15) is 13.2 Å². The van der Waals surface area contributed by atoms with Crippen LogP contribution in [0.5, 0.6) is 0 Å². The van der Waals surface area contributed by atoms with Gasteiger partial charge in [0.25, 0.3) is 0 Å². The molecule has 0 saturated heterocycles. The molecule has 0 radical (unpaired) electrons. The predicted octanol–water partition coefficient (Wildman–Crippen LogP) is 2.34. The molecule has 0 bridgehead atoms. The van der Waals surface area contributed by atoms with E-state index >= 15 is 0 Å². The fourth-order valence-corrected chi connectivity index (χ4v) is 4.03. The Morgan fingerprint density at radius 2 is 1.90 bits per heavy atom. The van der Waals surface area contributed by atoms with Crippen molar-refractivity contribution >= 4 is 16.0 Å². The summed E-state index contributed by atoms with van der Waals surface area (Å²) in [5.41, 5.74) is 2.44. The first-order valence-electron chi connectivity index (χ1n) is 6.74. The monoisotopic (exact) mass is 309 g/mol. The number of hydrogen-bond acceptors (Lipinski definition) is 3. The summed E-state index contributed by atoms with van der Waals surface area (Å²) >= 11 is 0. The van der Waals surface area contributed by atoms with Crippen LogP contribution in [0, 0.1) is 13.8 Å². The lowest BCUT2D eigenvalue weighted by Crippen LogP contribution is -2.35. The van der Waals surface area contributed by atoms with Crippen molar-refractivity contribution in [2.75, 3.05) is 13.1 Å². The Bertz CT molecular complexity index is 719. The summed E-state index contributed by atoms with van der Waals surface area (Å²) in [4.78, 5) is 11.2. The second-order valence-corrected chi connectivity index (χ2v) is 7.29. The minimum absolute atomic E-state index is 0.000377. The molecule has 0 aromatic heterocycles. The van der Waals surface area contributed by atoms with E-state index < -0.39 is 16.0 Å². The van der Waals surface area contributed by atoms with Crippen molar-refractivity contribution in [3.05, 3.63) is 40.5 Å². The quantitative estimate of drug-likeness (QED) is 0.870. The van der Waals surface area contributed by atoms with Crippen LogP contribution in [0.4, 0.5) is 0 Å². The van der Waals surface area contributed by atoms with Gasteiger partial charge in [-0.3, -0.25) is 0 Å². The van der Waals surface area contributed by atoms with E-state index in [1.54, 1.807) is 13.8 Å². The van der Waals surface area contributed by atoms with Crippen molar-refractivity contribution in [3.8, 4) is 0 Å². The summed E-state index contributed by atoms with van der Waals surface area (Å²) in [5.74, 6) is -1.12. The third-order valence-electron chi connectivity index (χ3n) is 3.88. The Kier molecular flexibility index (Phi) is 4.20. The van der Waals surface area contributed by atoms with Crippen LogP contribution in [0.2, 0.25) is 0 Å². The first-order valence-corrected chi connectivity index (χ1v) is 8.18. The van der Waals surface area contributed by atoms with Gasteiger partial charge in [-0.1, -0.05) is 11.6 Å². The molecule has 0 amide bonds. The van der Waals surface area contributed by atoms with Crippen molar-refractivity contribution in [1.29, 1.82) is 0 Å². The number of hydrogen-bond donors (Lipinski definition) is 1. The first-order chi connectivity index (χ1) is 9.73. The van der Waals surface area contributed by atoms with Crippen LogP contribution in [0.3, 0.4) is 0 Å². The highest BCUT2D eigenvalue weighted by atomic mass is 32.2. The topological polar surface area (TPSA) is 74.7 Å². The third-order valence-corrected chi connectivity index (χ3v) is 5.87. The Morgan fingerprint density at radius 1 is 1.24 bits per heavy atom. The molecule has 5 nitrogen and oxygen atoms in total. The maximum absolute atomic E-state index is 12.7. The minimum atomic E-state index is -3.67. The van der Waals surface area contributed by atoms with Crippen LogP contribution in [0.25, 0.3) is 0 Å². The molecule has 0 fully saturated rings. The van der Waals surface area contributed by atoms with E-state index in [-0.39, 0.29) is 10.5 Å². The lowest BCUT2D eigenvalue weighted by molar-refractivity contribution is 0.0696. The molecule has 0 atom stereocenters. The number of aromatic carboxylic acids is 1. The van der Waals surface area contributed by atoms with E-state index in [1.807, 2.05) is 13.0 Å². The van der Waals surface area contributed by atoms with Gasteiger partial charge >= 0.3 is 5.97 Å². The zero-order valence-electron chi connectivity index (χ0n) is 12.4. The molecule has 1 heterocycles. The standard InChI is InChI=1S/C15H19NO4S/c1-10-4-6-16(7-5-10)21(19,20)14-9-13(15(17)18)8-11(2)12(14)3/h4,8-9H,5-7H2,1-3H3,(H,17,18). The van der Waals surface area contributed by atoms with Gasteiger partial charge in [-0.15, -0.1) is 0 Å². The number of nitrogens with zero attached hydrogens (tertiary/aromatic N) is 1. The van der Waals surface area contributed by atoms with Gasteiger partial charge < -0.3 is 5.11 Å². The molecule has 114 valence electrons.